The summed E-state index contributed by atoms with van der Waals surface area (Å²) in [5.41, 5.74) is 0.482. The number of ether oxygens (including phenoxy) is 2. The second kappa shape index (κ2) is 8.69. The van der Waals surface area contributed by atoms with Gasteiger partial charge in [-0.2, -0.15) is 0 Å². The molecule has 0 aliphatic rings. The fourth-order valence-electron chi connectivity index (χ4n) is 2.09. The van der Waals surface area contributed by atoms with Crippen molar-refractivity contribution < 1.29 is 24.2 Å². The highest BCUT2D eigenvalue weighted by Gasteiger charge is 2.31. The molecule has 2 unspecified atom stereocenters. The summed E-state index contributed by atoms with van der Waals surface area (Å²) in [6.45, 7) is 1.78. The first-order valence-electron chi connectivity index (χ1n) is 7.55. The monoisotopic (exact) mass is 329 g/mol. The molecule has 2 atom stereocenters. The highest BCUT2D eigenvalue weighted by molar-refractivity contribution is 5.83. The molecule has 0 saturated heterocycles. The molecule has 6 heteroatoms. The van der Waals surface area contributed by atoms with E-state index in [1.54, 1.807) is 67.6 Å². The van der Waals surface area contributed by atoms with Gasteiger partial charge in [0.2, 0.25) is 0 Å². The minimum atomic E-state index is -1.27. The zero-order valence-electron chi connectivity index (χ0n) is 13.2. The number of carbonyl (C=O) groups is 2. The van der Waals surface area contributed by atoms with Gasteiger partial charge in [-0.25, -0.2) is 9.59 Å². The average Bonchev–Trinajstić information content (AvgIpc) is 2.61. The quantitative estimate of drug-likeness (QED) is 0.795. The number of nitrogens with one attached hydrogen (secondary N) is 1. The van der Waals surface area contributed by atoms with Gasteiger partial charge in [0.25, 0.3) is 0 Å². The standard InChI is InChI=1S/C18H19NO5/c1-2-23-17(21)15(16(20)13-9-5-3-6-10-13)19-18(22)24-14-11-7-4-8-12-14/h3-12,15-16,20H,2H2,1H3,(H,19,22). The Hall–Kier alpha value is -2.86. The van der Waals surface area contributed by atoms with Gasteiger partial charge in [-0.3, -0.25) is 0 Å². The zero-order valence-corrected chi connectivity index (χ0v) is 13.2. The Morgan fingerprint density at radius 2 is 1.62 bits per heavy atom. The predicted molar refractivity (Wildman–Crippen MR) is 87.4 cm³/mol. The Morgan fingerprint density at radius 1 is 1.04 bits per heavy atom. The van der Waals surface area contributed by atoms with Gasteiger partial charge in [-0.15, -0.1) is 0 Å². The molecule has 0 aliphatic heterocycles. The average molecular weight is 329 g/mol. The van der Waals surface area contributed by atoms with Crippen LogP contribution in [0.5, 0.6) is 5.75 Å². The molecule has 0 spiro atoms. The highest BCUT2D eigenvalue weighted by Crippen LogP contribution is 2.18. The molecule has 2 N–H and O–H groups in total. The number of para-hydroxylation sites is 1. The molecule has 0 aromatic heterocycles. The topological polar surface area (TPSA) is 84.9 Å². The number of esters is 1. The Kier molecular flexibility index (Phi) is 6.33. The van der Waals surface area contributed by atoms with Gasteiger partial charge in [0.05, 0.1) is 6.61 Å². The highest BCUT2D eigenvalue weighted by atomic mass is 16.6. The van der Waals surface area contributed by atoms with Gasteiger partial charge in [0.1, 0.15) is 11.9 Å². The van der Waals surface area contributed by atoms with E-state index in [9.17, 15) is 14.7 Å². The molecule has 0 heterocycles. The van der Waals surface area contributed by atoms with Crippen molar-refractivity contribution in [2.75, 3.05) is 6.61 Å². The lowest BCUT2D eigenvalue weighted by Crippen LogP contribution is -2.47. The smallest absolute Gasteiger partial charge is 0.413 e. The van der Waals surface area contributed by atoms with Gasteiger partial charge in [-0.05, 0) is 24.6 Å². The van der Waals surface area contributed by atoms with E-state index < -0.39 is 24.2 Å². The number of aliphatic hydroxyl groups excluding tert-OH is 1. The first-order chi connectivity index (χ1) is 11.6. The maximum Gasteiger partial charge on any atom is 0.413 e. The van der Waals surface area contributed by atoms with Crippen LogP contribution in [0.3, 0.4) is 0 Å². The number of amides is 1. The van der Waals surface area contributed by atoms with Crippen LogP contribution in [0, 0.1) is 0 Å². The summed E-state index contributed by atoms with van der Waals surface area (Å²) in [5.74, 6) is -0.411. The van der Waals surface area contributed by atoms with Crippen molar-refractivity contribution in [2.45, 2.75) is 19.1 Å². The molecule has 0 fully saturated rings. The van der Waals surface area contributed by atoms with Crippen LogP contribution in [0.1, 0.15) is 18.6 Å². The van der Waals surface area contributed by atoms with Crippen molar-refractivity contribution >= 4 is 12.1 Å². The molecule has 0 radical (unpaired) electrons. The molecular formula is C18H19NO5. The normalized spacial score (nSPS) is 12.8. The third-order valence-corrected chi connectivity index (χ3v) is 3.22. The number of hydrogen-bond donors (Lipinski definition) is 2. The van der Waals surface area contributed by atoms with Crippen molar-refractivity contribution in [3.05, 3.63) is 66.2 Å². The second-order valence-electron chi connectivity index (χ2n) is 4.93. The zero-order chi connectivity index (χ0) is 17.4. The first kappa shape index (κ1) is 17.5. The SMILES string of the molecule is CCOC(=O)C(NC(=O)Oc1ccccc1)C(O)c1ccccc1. The van der Waals surface area contributed by atoms with E-state index >= 15 is 0 Å². The largest absolute Gasteiger partial charge is 0.464 e. The number of carbonyl (C=O) groups excluding carboxylic acids is 2. The molecule has 126 valence electrons. The van der Waals surface area contributed by atoms with Gasteiger partial charge >= 0.3 is 12.1 Å². The van der Waals surface area contributed by atoms with E-state index in [0.717, 1.165) is 0 Å². The van der Waals surface area contributed by atoms with Crippen LogP contribution in [0.15, 0.2) is 60.7 Å². The summed E-state index contributed by atoms with van der Waals surface area (Å²) in [6.07, 6.45) is -2.11. The summed E-state index contributed by atoms with van der Waals surface area (Å²) < 4.78 is 10.0. The van der Waals surface area contributed by atoms with Crippen LogP contribution in [0.4, 0.5) is 4.79 Å². The maximum atomic E-state index is 12.1. The van der Waals surface area contributed by atoms with Crippen LogP contribution < -0.4 is 10.1 Å². The fourth-order valence-corrected chi connectivity index (χ4v) is 2.09. The third-order valence-electron chi connectivity index (χ3n) is 3.22. The molecule has 0 saturated carbocycles. The lowest BCUT2D eigenvalue weighted by atomic mass is 10.0. The Morgan fingerprint density at radius 3 is 2.21 bits per heavy atom. The van der Waals surface area contributed by atoms with Crippen molar-refractivity contribution in [1.29, 1.82) is 0 Å². The summed E-state index contributed by atoms with van der Waals surface area (Å²) in [4.78, 5) is 24.1. The molecule has 1 amide bonds. The van der Waals surface area contributed by atoms with Crippen LogP contribution in [0.2, 0.25) is 0 Å². The molecule has 0 bridgehead atoms. The lowest BCUT2D eigenvalue weighted by molar-refractivity contribution is -0.148. The Labute approximate surface area is 140 Å². The molecule has 2 aromatic rings. The van der Waals surface area contributed by atoms with Crippen LogP contribution in [-0.4, -0.2) is 29.8 Å². The number of rotatable bonds is 6. The van der Waals surface area contributed by atoms with Crippen LogP contribution in [-0.2, 0) is 9.53 Å². The summed E-state index contributed by atoms with van der Waals surface area (Å²) in [6, 6.07) is 15.7. The van der Waals surface area contributed by atoms with Gasteiger partial charge < -0.3 is 19.9 Å². The molecule has 0 aliphatic carbocycles. The third kappa shape index (κ3) is 4.82. The lowest BCUT2D eigenvalue weighted by Gasteiger charge is -2.22. The van der Waals surface area contributed by atoms with E-state index in [-0.39, 0.29) is 6.61 Å². The van der Waals surface area contributed by atoms with E-state index in [4.69, 9.17) is 9.47 Å². The molecule has 6 nitrogen and oxygen atoms in total. The van der Waals surface area contributed by atoms with Crippen molar-refractivity contribution in [2.24, 2.45) is 0 Å². The van der Waals surface area contributed by atoms with Crippen LogP contribution >= 0.6 is 0 Å². The molecule has 2 aromatic carbocycles. The number of benzene rings is 2. The molecular weight excluding hydrogens is 310 g/mol. The Balaban J connectivity index is 2.11. The van der Waals surface area contributed by atoms with Crippen molar-refractivity contribution in [3.63, 3.8) is 0 Å². The number of hydrogen-bond acceptors (Lipinski definition) is 5. The summed E-state index contributed by atoms with van der Waals surface area (Å²) in [7, 11) is 0. The van der Waals surface area contributed by atoms with Crippen LogP contribution in [0.25, 0.3) is 0 Å². The van der Waals surface area contributed by atoms with E-state index in [2.05, 4.69) is 5.32 Å². The summed E-state index contributed by atoms with van der Waals surface area (Å²) >= 11 is 0. The van der Waals surface area contributed by atoms with Crippen molar-refractivity contribution in [3.8, 4) is 5.75 Å². The summed E-state index contributed by atoms with van der Waals surface area (Å²) in [5, 5.41) is 12.8. The molecule has 24 heavy (non-hydrogen) atoms. The second-order valence-corrected chi connectivity index (χ2v) is 4.93. The van der Waals surface area contributed by atoms with E-state index in [1.807, 2.05) is 0 Å². The van der Waals surface area contributed by atoms with E-state index in [1.165, 1.54) is 0 Å². The predicted octanol–water partition coefficient (Wildman–Crippen LogP) is 2.44. The maximum absolute atomic E-state index is 12.1. The van der Waals surface area contributed by atoms with E-state index in [0.29, 0.717) is 11.3 Å². The van der Waals surface area contributed by atoms with Gasteiger partial charge in [0.15, 0.2) is 6.04 Å². The van der Waals surface area contributed by atoms with Gasteiger partial charge in [-0.1, -0.05) is 48.5 Å². The van der Waals surface area contributed by atoms with Gasteiger partial charge in [0, 0.05) is 0 Å². The molecule has 2 rings (SSSR count). The minimum absolute atomic E-state index is 0.131. The number of aliphatic hydroxyl groups is 1. The Bertz CT molecular complexity index is 660. The fraction of sp³-hybridized carbons (Fsp3) is 0.222. The minimum Gasteiger partial charge on any atom is -0.464 e. The first-order valence-corrected chi connectivity index (χ1v) is 7.55. The van der Waals surface area contributed by atoms with Crippen molar-refractivity contribution in [1.82, 2.24) is 5.32 Å².